The zero-order valence-electron chi connectivity index (χ0n) is 14.2. The molecule has 0 saturated heterocycles. The first-order chi connectivity index (χ1) is 11.5. The molecule has 0 aromatic heterocycles. The van der Waals surface area contributed by atoms with Gasteiger partial charge >= 0.3 is 6.03 Å². The topological polar surface area (TPSA) is 106 Å². The van der Waals surface area contributed by atoms with Crippen LogP contribution in [0.3, 0.4) is 0 Å². The zero-order chi connectivity index (χ0) is 16.7. The van der Waals surface area contributed by atoms with Crippen LogP contribution in [0.4, 0.5) is 16.2 Å². The van der Waals surface area contributed by atoms with Crippen molar-refractivity contribution >= 4 is 35.8 Å². The Morgan fingerprint density at radius 1 is 1.00 bits per heavy atom. The Morgan fingerprint density at radius 2 is 1.52 bits per heavy atom. The average Bonchev–Trinajstić information content (AvgIpc) is 2.46. The molecule has 1 aromatic carbocycles. The Labute approximate surface area is 154 Å². The van der Waals surface area contributed by atoms with Crippen molar-refractivity contribution in [3.63, 3.8) is 0 Å². The van der Waals surface area contributed by atoms with Crippen LogP contribution < -0.4 is 22.1 Å². The van der Waals surface area contributed by atoms with Crippen molar-refractivity contribution in [3.05, 3.63) is 24.3 Å². The molecule has 0 spiro atoms. The fourth-order valence-electron chi connectivity index (χ4n) is 5.44. The first kappa shape index (κ1) is 17.9. The molecule has 0 radical (unpaired) electrons. The van der Waals surface area contributed by atoms with E-state index in [1.807, 2.05) is 0 Å². The third-order valence-electron chi connectivity index (χ3n) is 5.80. The van der Waals surface area contributed by atoms with E-state index in [1.54, 1.807) is 24.3 Å². The number of carbonyl (C=O) groups is 1. The highest BCUT2D eigenvalue weighted by Gasteiger charge is 2.51. The molecular formula is C18H26ClN5O. The summed E-state index contributed by atoms with van der Waals surface area (Å²) >= 11 is 0. The van der Waals surface area contributed by atoms with E-state index in [0.717, 1.165) is 42.7 Å². The molecule has 25 heavy (non-hydrogen) atoms. The van der Waals surface area contributed by atoms with Gasteiger partial charge in [0.1, 0.15) is 0 Å². The molecule has 0 heterocycles. The van der Waals surface area contributed by atoms with E-state index in [0.29, 0.717) is 5.69 Å². The van der Waals surface area contributed by atoms with Gasteiger partial charge < -0.3 is 22.1 Å². The van der Waals surface area contributed by atoms with Gasteiger partial charge in [0.15, 0.2) is 5.96 Å². The number of benzene rings is 1. The van der Waals surface area contributed by atoms with Gasteiger partial charge in [-0.1, -0.05) is 0 Å². The Kier molecular flexibility index (Phi) is 4.82. The molecule has 4 aliphatic rings. The molecule has 1 aromatic rings. The summed E-state index contributed by atoms with van der Waals surface area (Å²) in [6.45, 7) is 0. The number of nitrogens with zero attached hydrogens (tertiary/aromatic N) is 1. The van der Waals surface area contributed by atoms with Crippen molar-refractivity contribution in [3.8, 4) is 0 Å². The Morgan fingerprint density at radius 3 is 2.00 bits per heavy atom. The maximum absolute atomic E-state index is 12.5. The van der Waals surface area contributed by atoms with Crippen molar-refractivity contribution in [2.45, 2.75) is 44.1 Å². The minimum atomic E-state index is -0.105. The van der Waals surface area contributed by atoms with E-state index in [9.17, 15) is 4.79 Å². The number of urea groups is 1. The quantitative estimate of drug-likeness (QED) is 0.489. The summed E-state index contributed by atoms with van der Waals surface area (Å²) in [4.78, 5) is 16.4. The second-order valence-electron chi connectivity index (χ2n) is 7.86. The number of amides is 2. The number of anilines is 1. The molecule has 4 saturated carbocycles. The molecule has 4 bridgehead atoms. The van der Waals surface area contributed by atoms with Gasteiger partial charge in [-0.25, -0.2) is 9.79 Å². The minimum Gasteiger partial charge on any atom is -0.370 e. The minimum absolute atomic E-state index is 0. The van der Waals surface area contributed by atoms with Gasteiger partial charge in [0.2, 0.25) is 0 Å². The van der Waals surface area contributed by atoms with Crippen LogP contribution in [0.5, 0.6) is 0 Å². The molecular weight excluding hydrogens is 338 g/mol. The smallest absolute Gasteiger partial charge is 0.319 e. The Balaban J connectivity index is 0.00000182. The molecule has 4 aliphatic carbocycles. The fraction of sp³-hybridized carbons (Fsp3) is 0.556. The summed E-state index contributed by atoms with van der Waals surface area (Å²) in [5.74, 6) is 2.47. The Bertz CT molecular complexity index is 633. The lowest BCUT2D eigenvalue weighted by Gasteiger charge is -2.56. The normalized spacial score (nSPS) is 31.8. The van der Waals surface area contributed by atoms with Crippen molar-refractivity contribution in [1.82, 2.24) is 5.32 Å². The highest BCUT2D eigenvalue weighted by atomic mass is 35.5. The third kappa shape index (κ3) is 3.84. The molecule has 5 rings (SSSR count). The summed E-state index contributed by atoms with van der Waals surface area (Å²) in [7, 11) is 0. The largest absolute Gasteiger partial charge is 0.370 e. The van der Waals surface area contributed by atoms with E-state index in [1.165, 1.54) is 19.3 Å². The van der Waals surface area contributed by atoms with Crippen molar-refractivity contribution in [2.75, 3.05) is 5.32 Å². The maximum Gasteiger partial charge on any atom is 0.319 e. The molecule has 0 atom stereocenters. The summed E-state index contributed by atoms with van der Waals surface area (Å²) in [6.07, 6.45) is 7.56. The van der Waals surface area contributed by atoms with E-state index >= 15 is 0 Å². The maximum atomic E-state index is 12.5. The van der Waals surface area contributed by atoms with E-state index < -0.39 is 0 Å². The van der Waals surface area contributed by atoms with Crippen molar-refractivity contribution in [1.29, 1.82) is 0 Å². The predicted octanol–water partition coefficient (Wildman–Crippen LogP) is 3.10. The molecule has 6 nitrogen and oxygen atoms in total. The molecule has 0 unspecified atom stereocenters. The summed E-state index contributed by atoms with van der Waals surface area (Å²) in [6, 6.07) is 7.06. The van der Waals surface area contributed by atoms with Gasteiger partial charge in [0.25, 0.3) is 0 Å². The monoisotopic (exact) mass is 363 g/mol. The van der Waals surface area contributed by atoms with E-state index in [2.05, 4.69) is 15.6 Å². The number of carbonyl (C=O) groups excluding carboxylic acids is 1. The van der Waals surface area contributed by atoms with Crippen LogP contribution >= 0.6 is 12.4 Å². The number of aliphatic imine (C=N–C) groups is 1. The number of hydrogen-bond donors (Lipinski definition) is 4. The van der Waals surface area contributed by atoms with Crippen LogP contribution in [0, 0.1) is 17.8 Å². The van der Waals surface area contributed by atoms with Gasteiger partial charge in [0.05, 0.1) is 5.69 Å². The summed E-state index contributed by atoms with van der Waals surface area (Å²) in [5, 5.41) is 6.24. The first-order valence-electron chi connectivity index (χ1n) is 8.78. The SMILES string of the molecule is Cl.NC(N)=Nc1ccc(NC(=O)NC23CC4CC(CC(C4)C2)C3)cc1. The lowest BCUT2D eigenvalue weighted by atomic mass is 9.53. The van der Waals surface area contributed by atoms with E-state index in [4.69, 9.17) is 11.5 Å². The van der Waals surface area contributed by atoms with Crippen LogP contribution in [0.1, 0.15) is 38.5 Å². The van der Waals surface area contributed by atoms with Crippen LogP contribution in [0.2, 0.25) is 0 Å². The average molecular weight is 364 g/mol. The van der Waals surface area contributed by atoms with Gasteiger partial charge in [-0.2, -0.15) is 0 Å². The first-order valence-corrected chi connectivity index (χ1v) is 8.78. The zero-order valence-corrected chi connectivity index (χ0v) is 15.0. The molecule has 4 fully saturated rings. The van der Waals surface area contributed by atoms with Gasteiger partial charge in [-0.15, -0.1) is 12.4 Å². The third-order valence-corrected chi connectivity index (χ3v) is 5.80. The number of nitrogens with two attached hydrogens (primary N) is 2. The number of halogens is 1. The fourth-order valence-corrected chi connectivity index (χ4v) is 5.44. The second kappa shape index (κ2) is 6.75. The van der Waals surface area contributed by atoms with Crippen LogP contribution in [0.25, 0.3) is 0 Å². The lowest BCUT2D eigenvalue weighted by Crippen LogP contribution is -2.60. The van der Waals surface area contributed by atoms with Gasteiger partial charge in [-0.3, -0.25) is 0 Å². The van der Waals surface area contributed by atoms with E-state index in [-0.39, 0.29) is 29.9 Å². The number of nitrogens with one attached hydrogen (secondary N) is 2. The molecule has 6 N–H and O–H groups in total. The van der Waals surface area contributed by atoms with Crippen LogP contribution in [-0.4, -0.2) is 17.5 Å². The Hall–Kier alpha value is -1.95. The standard InChI is InChI=1S/C18H25N5O.ClH/c19-16(20)21-14-1-3-15(4-2-14)22-17(24)23-18-8-11-5-12(9-18)7-13(6-11)10-18;/h1-4,11-13H,5-10H2,(H4,19,20,21)(H2,22,23,24);1H. The summed E-state index contributed by atoms with van der Waals surface area (Å²) in [5.41, 5.74) is 12.1. The lowest BCUT2D eigenvalue weighted by molar-refractivity contribution is -0.0127. The summed E-state index contributed by atoms with van der Waals surface area (Å²) < 4.78 is 0. The molecule has 0 aliphatic heterocycles. The van der Waals surface area contributed by atoms with Crippen molar-refractivity contribution in [2.24, 2.45) is 34.2 Å². The predicted molar refractivity (Wildman–Crippen MR) is 102 cm³/mol. The molecule has 2 amide bonds. The van der Waals surface area contributed by atoms with Crippen molar-refractivity contribution < 1.29 is 4.79 Å². The van der Waals surface area contributed by atoms with Crippen LogP contribution in [0.15, 0.2) is 29.3 Å². The number of guanidine groups is 1. The van der Waals surface area contributed by atoms with Crippen LogP contribution in [-0.2, 0) is 0 Å². The second-order valence-corrected chi connectivity index (χ2v) is 7.86. The highest BCUT2D eigenvalue weighted by molar-refractivity contribution is 5.90. The number of rotatable bonds is 3. The highest BCUT2D eigenvalue weighted by Crippen LogP contribution is 2.55. The molecule has 7 heteroatoms. The van der Waals surface area contributed by atoms with Gasteiger partial charge in [-0.05, 0) is 80.5 Å². The number of hydrogen-bond acceptors (Lipinski definition) is 2. The van der Waals surface area contributed by atoms with Gasteiger partial charge in [0, 0.05) is 11.2 Å². The molecule has 136 valence electrons.